The Morgan fingerprint density at radius 1 is 1.44 bits per heavy atom. The number of thioether (sulfide) groups is 1. The van der Waals surface area contributed by atoms with Crippen LogP contribution in [0.15, 0.2) is 15.0 Å². The maximum absolute atomic E-state index is 9.60. The Labute approximate surface area is 114 Å². The highest BCUT2D eigenvalue weighted by Gasteiger charge is 2.16. The third-order valence-corrected chi connectivity index (χ3v) is 4.08. The molecule has 0 atom stereocenters. The van der Waals surface area contributed by atoms with Crippen LogP contribution in [0.2, 0.25) is 0 Å². The van der Waals surface area contributed by atoms with Gasteiger partial charge in [-0.3, -0.25) is 0 Å². The van der Waals surface area contributed by atoms with Crippen molar-refractivity contribution >= 4 is 23.1 Å². The molecule has 0 bridgehead atoms. The van der Waals surface area contributed by atoms with E-state index in [9.17, 15) is 5.11 Å². The lowest BCUT2D eigenvalue weighted by Gasteiger charge is -2.13. The molecule has 5 nitrogen and oxygen atoms in total. The highest BCUT2D eigenvalue weighted by atomic mass is 32.2. The molecule has 7 heteroatoms. The molecule has 0 aliphatic rings. The van der Waals surface area contributed by atoms with E-state index in [1.54, 1.807) is 25.2 Å². The van der Waals surface area contributed by atoms with Gasteiger partial charge >= 0.3 is 0 Å². The van der Waals surface area contributed by atoms with Crippen molar-refractivity contribution in [3.8, 4) is 0 Å². The van der Waals surface area contributed by atoms with E-state index < -0.39 is 5.60 Å². The maximum atomic E-state index is 9.60. The summed E-state index contributed by atoms with van der Waals surface area (Å²) in [6.45, 7) is 5.46. The Balaban J connectivity index is 1.94. The average Bonchev–Trinajstić information content (AvgIpc) is 2.85. The van der Waals surface area contributed by atoms with E-state index in [0.29, 0.717) is 23.3 Å². The van der Waals surface area contributed by atoms with Crippen LogP contribution >= 0.6 is 23.1 Å². The molecule has 0 aliphatic carbocycles. The van der Waals surface area contributed by atoms with E-state index in [4.69, 9.17) is 4.42 Å². The van der Waals surface area contributed by atoms with Gasteiger partial charge in [-0.25, -0.2) is 4.98 Å². The first-order valence-corrected chi connectivity index (χ1v) is 7.37. The van der Waals surface area contributed by atoms with Gasteiger partial charge in [0.05, 0.1) is 22.7 Å². The molecule has 98 valence electrons. The second-order valence-electron chi connectivity index (χ2n) is 4.60. The summed E-state index contributed by atoms with van der Waals surface area (Å²) in [6, 6.07) is 0. The number of hydrogen-bond donors (Lipinski definition) is 1. The molecule has 18 heavy (non-hydrogen) atoms. The van der Waals surface area contributed by atoms with Crippen molar-refractivity contribution in [1.29, 1.82) is 0 Å². The molecule has 0 amide bonds. The standard InChI is InChI=1S/C11H15N3O2S2/c1-7-12-8(5-17-7)4-9-13-14-10(16-9)18-6-11(2,3)15/h5,15H,4,6H2,1-3H3. The normalized spacial score (nSPS) is 12.0. The highest BCUT2D eigenvalue weighted by Crippen LogP contribution is 2.22. The van der Waals surface area contributed by atoms with Gasteiger partial charge in [0.2, 0.25) is 5.89 Å². The first kappa shape index (κ1) is 13.5. The van der Waals surface area contributed by atoms with Crippen molar-refractivity contribution in [3.63, 3.8) is 0 Å². The van der Waals surface area contributed by atoms with Gasteiger partial charge in [-0.15, -0.1) is 21.5 Å². The number of hydrogen-bond acceptors (Lipinski definition) is 7. The number of thiazole rings is 1. The van der Waals surface area contributed by atoms with Crippen molar-refractivity contribution in [2.75, 3.05) is 5.75 Å². The minimum Gasteiger partial charge on any atom is -0.416 e. The number of rotatable bonds is 5. The molecule has 0 saturated heterocycles. The second kappa shape index (κ2) is 5.38. The molecule has 0 spiro atoms. The van der Waals surface area contributed by atoms with E-state index in [-0.39, 0.29) is 0 Å². The predicted octanol–water partition coefficient (Wildman–Crippen LogP) is 2.29. The van der Waals surface area contributed by atoms with Crippen LogP contribution in [0.5, 0.6) is 0 Å². The fraction of sp³-hybridized carbons (Fsp3) is 0.545. The minimum atomic E-state index is -0.745. The Kier molecular flexibility index (Phi) is 4.04. The van der Waals surface area contributed by atoms with Crippen molar-refractivity contribution in [2.24, 2.45) is 0 Å². The lowest BCUT2D eigenvalue weighted by atomic mass is 10.2. The zero-order valence-electron chi connectivity index (χ0n) is 10.5. The fourth-order valence-corrected chi connectivity index (χ4v) is 2.59. The van der Waals surface area contributed by atoms with E-state index in [0.717, 1.165) is 10.7 Å². The van der Waals surface area contributed by atoms with Crippen LogP contribution in [-0.4, -0.2) is 31.6 Å². The van der Waals surface area contributed by atoms with Crippen LogP contribution in [0.3, 0.4) is 0 Å². The lowest BCUT2D eigenvalue weighted by molar-refractivity contribution is 0.106. The van der Waals surface area contributed by atoms with Gasteiger partial charge in [0.1, 0.15) is 0 Å². The third-order valence-electron chi connectivity index (χ3n) is 2.00. The first-order chi connectivity index (χ1) is 8.42. The molecule has 2 heterocycles. The topological polar surface area (TPSA) is 72.0 Å². The van der Waals surface area contributed by atoms with Crippen molar-refractivity contribution in [2.45, 2.75) is 38.0 Å². The summed E-state index contributed by atoms with van der Waals surface area (Å²) >= 11 is 2.96. The van der Waals surface area contributed by atoms with Crippen LogP contribution in [0.4, 0.5) is 0 Å². The molecule has 2 aromatic heterocycles. The lowest BCUT2D eigenvalue weighted by Crippen LogP contribution is -2.21. The quantitative estimate of drug-likeness (QED) is 0.850. The van der Waals surface area contributed by atoms with E-state index in [1.807, 2.05) is 12.3 Å². The predicted molar refractivity (Wildman–Crippen MR) is 71.0 cm³/mol. The molecular formula is C11H15N3O2S2. The van der Waals surface area contributed by atoms with Gasteiger partial charge in [-0.2, -0.15) is 0 Å². The van der Waals surface area contributed by atoms with Crippen LogP contribution in [0, 0.1) is 6.92 Å². The summed E-state index contributed by atoms with van der Waals surface area (Å²) in [6.07, 6.45) is 0.556. The second-order valence-corrected chi connectivity index (χ2v) is 6.59. The minimum absolute atomic E-state index is 0.485. The summed E-state index contributed by atoms with van der Waals surface area (Å²) in [5, 5.41) is 21.0. The number of aromatic nitrogens is 3. The summed E-state index contributed by atoms with van der Waals surface area (Å²) in [4.78, 5) is 4.34. The first-order valence-electron chi connectivity index (χ1n) is 5.51. The zero-order valence-corrected chi connectivity index (χ0v) is 12.1. The summed E-state index contributed by atoms with van der Waals surface area (Å²) in [5.41, 5.74) is 0.200. The number of nitrogens with zero attached hydrogens (tertiary/aromatic N) is 3. The maximum Gasteiger partial charge on any atom is 0.276 e. The molecule has 0 radical (unpaired) electrons. The number of aliphatic hydroxyl groups is 1. The molecule has 0 aliphatic heterocycles. The van der Waals surface area contributed by atoms with Crippen LogP contribution in [0.25, 0.3) is 0 Å². The Morgan fingerprint density at radius 2 is 2.22 bits per heavy atom. The Hall–Kier alpha value is -0.920. The molecule has 2 rings (SSSR count). The van der Waals surface area contributed by atoms with Crippen LogP contribution in [0.1, 0.15) is 30.4 Å². The third kappa shape index (κ3) is 4.08. The number of aryl methyl sites for hydroxylation is 1. The summed E-state index contributed by atoms with van der Waals surface area (Å²) in [7, 11) is 0. The molecule has 2 aromatic rings. The van der Waals surface area contributed by atoms with Gasteiger partial charge < -0.3 is 9.52 Å². The fourth-order valence-electron chi connectivity index (χ4n) is 1.25. The van der Waals surface area contributed by atoms with Crippen LogP contribution < -0.4 is 0 Å². The summed E-state index contributed by atoms with van der Waals surface area (Å²) in [5.74, 6) is 1.07. The Bertz CT molecular complexity index is 516. The van der Waals surface area contributed by atoms with Gasteiger partial charge in [-0.05, 0) is 20.8 Å². The van der Waals surface area contributed by atoms with Gasteiger partial charge in [0.25, 0.3) is 5.22 Å². The smallest absolute Gasteiger partial charge is 0.276 e. The zero-order chi connectivity index (χ0) is 13.2. The molecule has 1 N–H and O–H groups in total. The molecule has 0 unspecified atom stereocenters. The average molecular weight is 285 g/mol. The van der Waals surface area contributed by atoms with E-state index in [1.165, 1.54) is 11.8 Å². The largest absolute Gasteiger partial charge is 0.416 e. The van der Waals surface area contributed by atoms with Crippen molar-refractivity contribution in [1.82, 2.24) is 15.2 Å². The summed E-state index contributed by atoms with van der Waals surface area (Å²) < 4.78 is 5.49. The van der Waals surface area contributed by atoms with Crippen molar-refractivity contribution < 1.29 is 9.52 Å². The Morgan fingerprint density at radius 3 is 2.83 bits per heavy atom. The monoisotopic (exact) mass is 285 g/mol. The molecule has 0 fully saturated rings. The van der Waals surface area contributed by atoms with E-state index in [2.05, 4.69) is 15.2 Å². The molecule has 0 aromatic carbocycles. The van der Waals surface area contributed by atoms with Gasteiger partial charge in [0, 0.05) is 11.1 Å². The highest BCUT2D eigenvalue weighted by molar-refractivity contribution is 7.99. The van der Waals surface area contributed by atoms with E-state index >= 15 is 0 Å². The van der Waals surface area contributed by atoms with Gasteiger partial charge in [-0.1, -0.05) is 11.8 Å². The molecule has 0 saturated carbocycles. The molecular weight excluding hydrogens is 270 g/mol. The SMILES string of the molecule is Cc1nc(Cc2nnc(SCC(C)(C)O)o2)cs1. The van der Waals surface area contributed by atoms with Crippen molar-refractivity contribution in [3.05, 3.63) is 22.0 Å². The van der Waals surface area contributed by atoms with Gasteiger partial charge in [0.15, 0.2) is 0 Å². The van der Waals surface area contributed by atoms with Crippen LogP contribution in [-0.2, 0) is 6.42 Å².